The summed E-state index contributed by atoms with van der Waals surface area (Å²) in [4.78, 5) is 27.9. The number of anilines is 1. The highest BCUT2D eigenvalue weighted by Crippen LogP contribution is 2.26. The van der Waals surface area contributed by atoms with E-state index in [1.54, 1.807) is 12.1 Å². The van der Waals surface area contributed by atoms with Gasteiger partial charge < -0.3 is 20.5 Å². The van der Waals surface area contributed by atoms with Gasteiger partial charge in [0, 0.05) is 25.6 Å². The normalized spacial score (nSPS) is 10.6. The molecule has 0 saturated heterocycles. The number of carboxylic acids is 1. The van der Waals surface area contributed by atoms with Crippen molar-refractivity contribution in [2.24, 2.45) is 0 Å². The van der Waals surface area contributed by atoms with Crippen molar-refractivity contribution in [3.8, 4) is 11.1 Å². The molecule has 1 heterocycles. The van der Waals surface area contributed by atoms with Crippen LogP contribution in [-0.4, -0.2) is 32.0 Å². The summed E-state index contributed by atoms with van der Waals surface area (Å²) in [6.07, 6.45) is 3.01. The lowest BCUT2D eigenvalue weighted by molar-refractivity contribution is -0.114. The Morgan fingerprint density at radius 3 is 2.44 bits per heavy atom. The number of nitrogens with one attached hydrogen (secondary N) is 1. The van der Waals surface area contributed by atoms with Gasteiger partial charge in [0.1, 0.15) is 5.82 Å². The molecule has 0 atom stereocenters. The molecule has 1 aromatic heterocycles. The third-order valence-corrected chi connectivity index (χ3v) is 5.66. The number of aromatic nitrogens is 2. The molecule has 176 valence electrons. The minimum Gasteiger partial charge on any atom is -0.478 e. The molecular formula is C27H29N3O4. The maximum Gasteiger partial charge on any atom is 0.336 e. The molecule has 3 aromatic carbocycles. The van der Waals surface area contributed by atoms with Gasteiger partial charge in [0.05, 0.1) is 16.6 Å². The maximum atomic E-state index is 11.6. The molecule has 7 heteroatoms. The molecule has 34 heavy (non-hydrogen) atoms. The first kappa shape index (κ1) is 24.7. The van der Waals surface area contributed by atoms with Crippen molar-refractivity contribution in [3.05, 3.63) is 83.7 Å². The molecule has 4 N–H and O–H groups in total. The van der Waals surface area contributed by atoms with Gasteiger partial charge >= 0.3 is 5.97 Å². The number of amides is 1. The summed E-state index contributed by atoms with van der Waals surface area (Å²) in [6, 6.07) is 20.9. The Bertz CT molecular complexity index is 1310. The fourth-order valence-electron chi connectivity index (χ4n) is 4.06. The molecule has 0 radical (unpaired) electrons. The number of aryl methyl sites for hydroxylation is 1. The molecule has 0 unspecified atom stereocenters. The topological polar surface area (TPSA) is 116 Å². The average molecular weight is 460 g/mol. The van der Waals surface area contributed by atoms with Crippen LogP contribution in [0.5, 0.6) is 0 Å². The predicted octanol–water partition coefficient (Wildman–Crippen LogP) is 4.93. The van der Waals surface area contributed by atoms with Gasteiger partial charge in [-0.15, -0.1) is 0 Å². The van der Waals surface area contributed by atoms with E-state index in [0.29, 0.717) is 17.7 Å². The maximum absolute atomic E-state index is 11.6. The van der Waals surface area contributed by atoms with Crippen LogP contribution in [0.25, 0.3) is 22.2 Å². The number of hydrogen-bond acceptors (Lipinski definition) is 3. The Balaban J connectivity index is 0.00000324. The zero-order valence-electron chi connectivity index (χ0n) is 19.3. The first-order valence-electron chi connectivity index (χ1n) is 11.1. The summed E-state index contributed by atoms with van der Waals surface area (Å²) in [5.41, 5.74) is 5.60. The summed E-state index contributed by atoms with van der Waals surface area (Å²) in [5, 5.41) is 12.3. The van der Waals surface area contributed by atoms with E-state index in [2.05, 4.69) is 16.8 Å². The minimum absolute atomic E-state index is 0. The lowest BCUT2D eigenvalue weighted by atomic mass is 9.99. The van der Waals surface area contributed by atoms with Gasteiger partial charge in [-0.1, -0.05) is 55.8 Å². The molecule has 0 saturated carbocycles. The molecule has 4 rings (SSSR count). The monoisotopic (exact) mass is 459 g/mol. The number of hydrogen-bond donors (Lipinski definition) is 2. The Morgan fingerprint density at radius 1 is 1.03 bits per heavy atom. The van der Waals surface area contributed by atoms with Gasteiger partial charge in [0.25, 0.3) is 0 Å². The summed E-state index contributed by atoms with van der Waals surface area (Å²) in [7, 11) is 0. The number of carbonyl (C=O) groups is 2. The van der Waals surface area contributed by atoms with Crippen LogP contribution in [0.3, 0.4) is 0 Å². The molecular weight excluding hydrogens is 430 g/mol. The third kappa shape index (κ3) is 5.32. The standard InChI is InChI=1S/C27H27N3O3.H2O/c1-3-4-9-26-29-24-16-21(28-18(2)31)14-15-25(24)30(26)17-19-10-12-20(13-11-19)22-7-5-6-8-23(22)27(32)33;/h5-8,10-16H,3-4,9,17H2,1-2H3,(H,28,31)(H,32,33);1H2. The van der Waals surface area contributed by atoms with Crippen LogP contribution in [0.4, 0.5) is 5.69 Å². The van der Waals surface area contributed by atoms with E-state index < -0.39 is 5.97 Å². The van der Waals surface area contributed by atoms with Crippen LogP contribution < -0.4 is 5.32 Å². The second-order valence-corrected chi connectivity index (χ2v) is 8.15. The van der Waals surface area contributed by atoms with Crippen molar-refractivity contribution in [2.45, 2.75) is 39.7 Å². The van der Waals surface area contributed by atoms with Crippen LogP contribution >= 0.6 is 0 Å². The SMILES string of the molecule is CCCCc1nc2cc(NC(C)=O)ccc2n1Cc1ccc(-c2ccccc2C(=O)O)cc1.O. The summed E-state index contributed by atoms with van der Waals surface area (Å²) < 4.78 is 2.22. The van der Waals surface area contributed by atoms with Crippen LogP contribution in [0.1, 0.15) is 48.4 Å². The Hall–Kier alpha value is -3.97. The molecule has 4 aromatic rings. The smallest absolute Gasteiger partial charge is 0.336 e. The van der Waals surface area contributed by atoms with Crippen molar-refractivity contribution in [1.29, 1.82) is 0 Å². The first-order valence-corrected chi connectivity index (χ1v) is 11.1. The van der Waals surface area contributed by atoms with Crippen molar-refractivity contribution in [2.75, 3.05) is 5.32 Å². The average Bonchev–Trinajstić information content (AvgIpc) is 3.14. The highest BCUT2D eigenvalue weighted by Gasteiger charge is 2.14. The largest absolute Gasteiger partial charge is 0.478 e. The molecule has 0 aliphatic rings. The number of fused-ring (bicyclic) bond motifs is 1. The molecule has 0 spiro atoms. The number of nitrogens with zero attached hydrogens (tertiary/aromatic N) is 2. The molecule has 0 aliphatic carbocycles. The van der Waals surface area contributed by atoms with Gasteiger partial charge in [-0.2, -0.15) is 0 Å². The van der Waals surface area contributed by atoms with E-state index in [0.717, 1.165) is 52.9 Å². The minimum atomic E-state index is -0.932. The molecule has 7 nitrogen and oxygen atoms in total. The van der Waals surface area contributed by atoms with Crippen molar-refractivity contribution in [3.63, 3.8) is 0 Å². The number of carboxylic acid groups (broad SMARTS) is 1. The van der Waals surface area contributed by atoms with Crippen LogP contribution in [0.15, 0.2) is 66.7 Å². The molecule has 0 bridgehead atoms. The van der Waals surface area contributed by atoms with E-state index in [1.807, 2.05) is 54.6 Å². The van der Waals surface area contributed by atoms with Gasteiger partial charge in [-0.3, -0.25) is 4.79 Å². The van der Waals surface area contributed by atoms with Gasteiger partial charge in [-0.25, -0.2) is 9.78 Å². The van der Waals surface area contributed by atoms with E-state index in [4.69, 9.17) is 4.98 Å². The fraction of sp³-hybridized carbons (Fsp3) is 0.222. The fourth-order valence-corrected chi connectivity index (χ4v) is 4.06. The van der Waals surface area contributed by atoms with E-state index >= 15 is 0 Å². The second-order valence-electron chi connectivity index (χ2n) is 8.15. The van der Waals surface area contributed by atoms with E-state index in [1.165, 1.54) is 6.92 Å². The number of benzene rings is 3. The summed E-state index contributed by atoms with van der Waals surface area (Å²) in [5.74, 6) is -0.0181. The van der Waals surface area contributed by atoms with Gasteiger partial charge in [0.2, 0.25) is 5.91 Å². The van der Waals surface area contributed by atoms with Gasteiger partial charge in [-0.05, 0) is 47.4 Å². The van der Waals surface area contributed by atoms with E-state index in [9.17, 15) is 14.7 Å². The molecule has 0 aliphatic heterocycles. The lowest BCUT2D eigenvalue weighted by Gasteiger charge is -2.11. The highest BCUT2D eigenvalue weighted by atomic mass is 16.4. The van der Waals surface area contributed by atoms with Crippen LogP contribution in [0, 0.1) is 0 Å². The first-order chi connectivity index (χ1) is 16.0. The number of carbonyl (C=O) groups excluding carboxylic acids is 1. The summed E-state index contributed by atoms with van der Waals surface area (Å²) in [6.45, 7) is 4.32. The number of rotatable bonds is 8. The van der Waals surface area contributed by atoms with Crippen molar-refractivity contribution in [1.82, 2.24) is 9.55 Å². The number of unbranched alkanes of at least 4 members (excludes halogenated alkanes) is 1. The predicted molar refractivity (Wildman–Crippen MR) is 134 cm³/mol. The van der Waals surface area contributed by atoms with Gasteiger partial charge in [0.15, 0.2) is 0 Å². The van der Waals surface area contributed by atoms with E-state index in [-0.39, 0.29) is 11.4 Å². The van der Waals surface area contributed by atoms with Crippen molar-refractivity contribution >= 4 is 28.6 Å². The Kier molecular flexibility index (Phi) is 7.81. The molecule has 0 fully saturated rings. The van der Waals surface area contributed by atoms with Crippen molar-refractivity contribution < 1.29 is 20.2 Å². The lowest BCUT2D eigenvalue weighted by Crippen LogP contribution is -2.06. The zero-order valence-corrected chi connectivity index (χ0v) is 19.3. The second kappa shape index (κ2) is 10.8. The number of imidazole rings is 1. The number of aromatic carboxylic acids is 1. The molecule has 1 amide bonds. The Labute approximate surface area is 198 Å². The van der Waals surface area contributed by atoms with Crippen LogP contribution in [0.2, 0.25) is 0 Å². The Morgan fingerprint density at radius 2 is 1.76 bits per heavy atom. The zero-order chi connectivity index (χ0) is 23.4. The highest BCUT2D eigenvalue weighted by molar-refractivity contribution is 5.96. The van der Waals surface area contributed by atoms with Crippen LogP contribution in [-0.2, 0) is 17.8 Å². The summed E-state index contributed by atoms with van der Waals surface area (Å²) >= 11 is 0. The third-order valence-electron chi connectivity index (χ3n) is 5.66. The quantitative estimate of drug-likeness (QED) is 0.389.